The van der Waals surface area contributed by atoms with Crippen LogP contribution in [0.2, 0.25) is 0 Å². The van der Waals surface area contributed by atoms with Crippen LogP contribution >= 0.6 is 12.4 Å². The number of ether oxygens (including phenoxy) is 1. The number of fused-ring (bicyclic) bond motifs is 2. The van der Waals surface area contributed by atoms with Gasteiger partial charge in [-0.15, -0.1) is 12.4 Å². The molecule has 2 N–H and O–H groups in total. The topological polar surface area (TPSA) is 101 Å². The Bertz CT molecular complexity index is 1150. The molecule has 0 radical (unpaired) electrons. The zero-order chi connectivity index (χ0) is 22.5. The summed E-state index contributed by atoms with van der Waals surface area (Å²) in [4.78, 5) is 39.4. The van der Waals surface area contributed by atoms with E-state index in [1.165, 1.54) is 21.7 Å². The molecule has 0 bridgehead atoms. The van der Waals surface area contributed by atoms with Crippen molar-refractivity contribution in [1.29, 1.82) is 0 Å². The van der Waals surface area contributed by atoms with Crippen molar-refractivity contribution in [2.75, 3.05) is 20.7 Å². The number of likely N-dealkylation sites (N-methyl/N-ethyl adjacent to an activating group) is 1. The SMILES string of the molecule is COC1CC2(C1)CN(C)C(=O)c1c(O)c(=O)c(C(=O)NCc3ccc(F)cc3F)cn12.Cl. The minimum absolute atomic E-state index is 0. The third-order valence-electron chi connectivity index (χ3n) is 6.02. The van der Waals surface area contributed by atoms with Gasteiger partial charge in [-0.2, -0.15) is 0 Å². The van der Waals surface area contributed by atoms with Gasteiger partial charge in [-0.05, 0) is 18.9 Å². The molecule has 2 heterocycles. The van der Waals surface area contributed by atoms with Gasteiger partial charge in [0, 0.05) is 45.1 Å². The summed E-state index contributed by atoms with van der Waals surface area (Å²) in [5, 5.41) is 12.9. The summed E-state index contributed by atoms with van der Waals surface area (Å²) in [6.07, 6.45) is 2.30. The zero-order valence-electron chi connectivity index (χ0n) is 17.4. The van der Waals surface area contributed by atoms with Gasteiger partial charge in [0.25, 0.3) is 11.8 Å². The van der Waals surface area contributed by atoms with Crippen LogP contribution in [0.3, 0.4) is 0 Å². The molecule has 11 heteroatoms. The van der Waals surface area contributed by atoms with Crippen LogP contribution in [0.15, 0.2) is 29.2 Å². The number of hydrogen-bond donors (Lipinski definition) is 2. The van der Waals surface area contributed by atoms with E-state index in [9.17, 15) is 28.3 Å². The number of rotatable bonds is 4. The number of halogens is 3. The molecule has 1 spiro atoms. The Balaban J connectivity index is 0.00000289. The normalized spacial score (nSPS) is 21.6. The van der Waals surface area contributed by atoms with E-state index in [2.05, 4.69) is 5.32 Å². The van der Waals surface area contributed by atoms with Crippen LogP contribution in [0.1, 0.15) is 39.3 Å². The number of pyridine rings is 1. The molecule has 172 valence electrons. The molecule has 4 rings (SSSR count). The maximum atomic E-state index is 13.8. The summed E-state index contributed by atoms with van der Waals surface area (Å²) >= 11 is 0. The first-order chi connectivity index (χ1) is 14.7. The predicted octanol–water partition coefficient (Wildman–Crippen LogP) is 1.77. The van der Waals surface area contributed by atoms with Crippen molar-refractivity contribution in [3.63, 3.8) is 0 Å². The fraction of sp³-hybridized carbons (Fsp3) is 0.381. The molecule has 2 aromatic rings. The Morgan fingerprint density at radius 2 is 2.00 bits per heavy atom. The van der Waals surface area contributed by atoms with E-state index in [4.69, 9.17) is 4.74 Å². The van der Waals surface area contributed by atoms with E-state index in [0.29, 0.717) is 25.5 Å². The number of aromatic hydroxyl groups is 1. The number of nitrogens with zero attached hydrogens (tertiary/aromatic N) is 2. The van der Waals surface area contributed by atoms with Gasteiger partial charge in [0.05, 0.1) is 11.6 Å². The number of methoxy groups -OCH3 is 1. The fourth-order valence-corrected chi connectivity index (χ4v) is 4.33. The zero-order valence-corrected chi connectivity index (χ0v) is 18.2. The minimum Gasteiger partial charge on any atom is -0.503 e. The minimum atomic E-state index is -0.996. The van der Waals surface area contributed by atoms with E-state index in [1.807, 2.05) is 0 Å². The lowest BCUT2D eigenvalue weighted by atomic mass is 9.72. The number of hydrogen-bond acceptors (Lipinski definition) is 5. The van der Waals surface area contributed by atoms with Gasteiger partial charge in [-0.3, -0.25) is 14.4 Å². The second kappa shape index (κ2) is 8.51. The Labute approximate surface area is 188 Å². The summed E-state index contributed by atoms with van der Waals surface area (Å²) in [6.45, 7) is 0.0499. The molecule has 1 aromatic heterocycles. The molecule has 1 fully saturated rings. The molecule has 1 saturated carbocycles. The molecule has 1 aromatic carbocycles. The largest absolute Gasteiger partial charge is 0.503 e. The second-order valence-corrected chi connectivity index (χ2v) is 8.01. The van der Waals surface area contributed by atoms with Gasteiger partial charge < -0.3 is 24.6 Å². The summed E-state index contributed by atoms with van der Waals surface area (Å²) < 4.78 is 33.7. The Morgan fingerprint density at radius 3 is 2.62 bits per heavy atom. The molecule has 2 aliphatic rings. The third kappa shape index (κ3) is 3.73. The lowest BCUT2D eigenvalue weighted by Gasteiger charge is -2.53. The van der Waals surface area contributed by atoms with Crippen molar-refractivity contribution in [1.82, 2.24) is 14.8 Å². The summed E-state index contributed by atoms with van der Waals surface area (Å²) in [5.74, 6) is -3.76. The highest BCUT2D eigenvalue weighted by Crippen LogP contribution is 2.45. The standard InChI is InChI=1S/C21H21F2N3O5.ClH/c1-25-10-21(6-13(7-21)31-2)26-9-14(17(27)18(28)16(26)20(25)30)19(29)24-8-11-3-4-12(22)5-15(11)23;/h3-5,9,13,28H,6-8,10H2,1-2H3,(H,24,29);1H. The Kier molecular flexibility index (Phi) is 6.30. The van der Waals surface area contributed by atoms with E-state index in [1.54, 1.807) is 14.2 Å². The molecule has 0 saturated heterocycles. The van der Waals surface area contributed by atoms with Gasteiger partial charge in [0.1, 0.15) is 17.2 Å². The van der Waals surface area contributed by atoms with Crippen LogP contribution in [0, 0.1) is 11.6 Å². The first kappa shape index (κ1) is 23.7. The van der Waals surface area contributed by atoms with Crippen LogP contribution in [0.5, 0.6) is 5.75 Å². The van der Waals surface area contributed by atoms with Crippen molar-refractivity contribution >= 4 is 24.2 Å². The lowest BCUT2D eigenvalue weighted by molar-refractivity contribution is -0.0673. The number of benzene rings is 1. The van der Waals surface area contributed by atoms with E-state index < -0.39 is 40.2 Å². The smallest absolute Gasteiger partial charge is 0.274 e. The quantitative estimate of drug-likeness (QED) is 0.711. The molecular formula is C21H22ClF2N3O5. The molecule has 1 aliphatic carbocycles. The van der Waals surface area contributed by atoms with Gasteiger partial charge in [0.15, 0.2) is 11.4 Å². The van der Waals surface area contributed by atoms with E-state index in [-0.39, 0.29) is 41.9 Å². The maximum absolute atomic E-state index is 13.8. The molecular weight excluding hydrogens is 448 g/mol. The third-order valence-corrected chi connectivity index (χ3v) is 6.02. The van der Waals surface area contributed by atoms with Crippen molar-refractivity contribution < 1.29 is 28.2 Å². The molecule has 0 unspecified atom stereocenters. The van der Waals surface area contributed by atoms with E-state index in [0.717, 1.165) is 6.07 Å². The summed E-state index contributed by atoms with van der Waals surface area (Å²) in [7, 11) is 3.15. The number of carbonyl (C=O) groups excluding carboxylic acids is 2. The first-order valence-corrected chi connectivity index (χ1v) is 9.66. The van der Waals surface area contributed by atoms with Crippen LogP contribution in [-0.4, -0.2) is 53.2 Å². The van der Waals surface area contributed by atoms with Crippen molar-refractivity contribution in [3.05, 3.63) is 63.1 Å². The second-order valence-electron chi connectivity index (χ2n) is 8.01. The van der Waals surface area contributed by atoms with Gasteiger partial charge in [-0.1, -0.05) is 6.07 Å². The Hall–Kier alpha value is -2.98. The first-order valence-electron chi connectivity index (χ1n) is 9.66. The molecule has 1 aliphatic heterocycles. The summed E-state index contributed by atoms with van der Waals surface area (Å²) in [5.41, 5.74) is -2.12. The number of carbonyl (C=O) groups is 2. The Morgan fingerprint density at radius 1 is 1.31 bits per heavy atom. The van der Waals surface area contributed by atoms with Crippen LogP contribution in [0.25, 0.3) is 0 Å². The van der Waals surface area contributed by atoms with Crippen LogP contribution in [-0.2, 0) is 16.8 Å². The predicted molar refractivity (Wildman–Crippen MR) is 112 cm³/mol. The monoisotopic (exact) mass is 469 g/mol. The van der Waals surface area contributed by atoms with Crippen molar-refractivity contribution in [2.24, 2.45) is 0 Å². The number of aromatic nitrogens is 1. The number of nitrogens with one attached hydrogen (secondary N) is 1. The average molecular weight is 470 g/mol. The average Bonchev–Trinajstić information content (AvgIpc) is 2.70. The number of amides is 2. The van der Waals surface area contributed by atoms with Crippen molar-refractivity contribution in [3.8, 4) is 5.75 Å². The highest BCUT2D eigenvalue weighted by atomic mass is 35.5. The molecule has 8 nitrogen and oxygen atoms in total. The highest BCUT2D eigenvalue weighted by Gasteiger charge is 2.52. The maximum Gasteiger partial charge on any atom is 0.274 e. The van der Waals surface area contributed by atoms with Gasteiger partial charge in [-0.25, -0.2) is 8.78 Å². The van der Waals surface area contributed by atoms with E-state index >= 15 is 0 Å². The van der Waals surface area contributed by atoms with Gasteiger partial charge in [0.2, 0.25) is 5.43 Å². The van der Waals surface area contributed by atoms with Crippen LogP contribution < -0.4 is 10.7 Å². The lowest BCUT2D eigenvalue weighted by Crippen LogP contribution is -2.61. The van der Waals surface area contributed by atoms with Gasteiger partial charge >= 0.3 is 0 Å². The molecule has 32 heavy (non-hydrogen) atoms. The van der Waals surface area contributed by atoms with Crippen molar-refractivity contribution in [2.45, 2.75) is 31.0 Å². The highest BCUT2D eigenvalue weighted by molar-refractivity contribution is 5.99. The summed E-state index contributed by atoms with van der Waals surface area (Å²) in [6, 6.07) is 2.93. The van der Waals surface area contributed by atoms with Crippen LogP contribution in [0.4, 0.5) is 8.78 Å². The molecule has 2 amide bonds. The fourth-order valence-electron chi connectivity index (χ4n) is 4.33. The molecule has 0 atom stereocenters.